The Bertz CT molecular complexity index is 1560. The molecule has 256 valence electrons. The van der Waals surface area contributed by atoms with Crippen LogP contribution in [0.2, 0.25) is 0 Å². The van der Waals surface area contributed by atoms with E-state index < -0.39 is 23.9 Å². The van der Waals surface area contributed by atoms with Crippen molar-refractivity contribution in [3.63, 3.8) is 0 Å². The van der Waals surface area contributed by atoms with Crippen molar-refractivity contribution < 1.29 is 49.2 Å². The number of nitrogens with one attached hydrogen (secondary N) is 1. The second-order valence-electron chi connectivity index (χ2n) is 10.7. The summed E-state index contributed by atoms with van der Waals surface area (Å²) < 4.78 is 2.16. The number of hydrazine groups is 1. The molecule has 4 rings (SSSR count). The molecule has 1 aromatic heterocycles. The molecule has 15 heteroatoms. The summed E-state index contributed by atoms with van der Waals surface area (Å²) in [4.78, 5) is 70.1. The van der Waals surface area contributed by atoms with E-state index in [4.69, 9.17) is 25.4 Å². The molecule has 0 atom stereocenters. The quantitative estimate of drug-likeness (QED) is 0.139. The second-order valence-corrected chi connectivity index (χ2v) is 10.7. The van der Waals surface area contributed by atoms with E-state index in [2.05, 4.69) is 21.0 Å². The molecular formula is C33H39N5O10. The number of hydrogen-bond acceptors (Lipinski definition) is 9. The van der Waals surface area contributed by atoms with Crippen molar-refractivity contribution in [2.45, 2.75) is 33.2 Å². The van der Waals surface area contributed by atoms with Crippen LogP contribution in [-0.2, 0) is 30.5 Å². The zero-order chi connectivity index (χ0) is 35.6. The number of aliphatic carboxylic acids is 4. The van der Waals surface area contributed by atoms with Crippen LogP contribution in [0.5, 0.6) is 0 Å². The first-order valence-electron chi connectivity index (χ1n) is 14.9. The molecule has 3 aromatic rings. The van der Waals surface area contributed by atoms with Gasteiger partial charge in [0.1, 0.15) is 0 Å². The molecule has 15 nitrogen and oxygen atoms in total. The molecule has 0 spiro atoms. The van der Waals surface area contributed by atoms with Crippen molar-refractivity contribution in [1.82, 2.24) is 20.0 Å². The fraction of sp³-hybridized carbons (Fsp3) is 0.303. The lowest BCUT2D eigenvalue weighted by Crippen LogP contribution is -2.54. The fourth-order valence-corrected chi connectivity index (χ4v) is 4.40. The molecule has 0 bridgehead atoms. The first kappa shape index (κ1) is 38.4. The van der Waals surface area contributed by atoms with Gasteiger partial charge in [0.25, 0.3) is 0 Å². The first-order valence-corrected chi connectivity index (χ1v) is 14.9. The van der Waals surface area contributed by atoms with E-state index in [-0.39, 0.29) is 11.7 Å². The summed E-state index contributed by atoms with van der Waals surface area (Å²) in [5.74, 6) is -3.60. The van der Waals surface area contributed by atoms with Gasteiger partial charge in [0.15, 0.2) is 5.78 Å². The number of carbonyl (C=O) groups is 6. The molecule has 1 aliphatic rings. The summed E-state index contributed by atoms with van der Waals surface area (Å²) in [5.41, 5.74) is 5.73. The van der Waals surface area contributed by atoms with Gasteiger partial charge in [-0.2, -0.15) is 0 Å². The number of fused-ring (bicyclic) bond motifs is 1. The van der Waals surface area contributed by atoms with Gasteiger partial charge < -0.3 is 29.9 Å². The van der Waals surface area contributed by atoms with E-state index in [0.717, 1.165) is 48.7 Å². The summed E-state index contributed by atoms with van der Waals surface area (Å²) in [6, 6.07) is 17.5. The predicted molar refractivity (Wildman–Crippen MR) is 175 cm³/mol. The number of aromatic nitrogens is 2. The number of hydrogen-bond donors (Lipinski definition) is 5. The zero-order valence-corrected chi connectivity index (χ0v) is 26.6. The Labute approximate surface area is 276 Å². The Morgan fingerprint density at radius 2 is 1.25 bits per heavy atom. The van der Waals surface area contributed by atoms with Crippen LogP contribution in [0.25, 0.3) is 11.0 Å². The second kappa shape index (κ2) is 19.6. The number of nitrogens with zero attached hydrogens (tertiary/aromatic N) is 4. The molecule has 1 saturated heterocycles. The van der Waals surface area contributed by atoms with Crippen molar-refractivity contribution in [1.29, 1.82) is 0 Å². The minimum Gasteiger partial charge on any atom is -0.478 e. The zero-order valence-electron chi connectivity index (χ0n) is 26.6. The number of benzene rings is 2. The largest absolute Gasteiger partial charge is 0.478 e. The van der Waals surface area contributed by atoms with Gasteiger partial charge in [-0.15, -0.1) is 0 Å². The predicted octanol–water partition coefficient (Wildman–Crippen LogP) is 2.93. The molecule has 1 aliphatic heterocycles. The summed E-state index contributed by atoms with van der Waals surface area (Å²) in [5, 5.41) is 33.2. The van der Waals surface area contributed by atoms with Crippen molar-refractivity contribution in [2.24, 2.45) is 5.92 Å². The molecule has 2 heterocycles. The highest BCUT2D eigenvalue weighted by Crippen LogP contribution is 2.24. The van der Waals surface area contributed by atoms with E-state index in [9.17, 15) is 28.8 Å². The first-order chi connectivity index (χ1) is 22.8. The number of para-hydroxylation sites is 2. The van der Waals surface area contributed by atoms with E-state index in [1.807, 2.05) is 67.4 Å². The Kier molecular flexibility index (Phi) is 15.7. The lowest BCUT2D eigenvalue weighted by molar-refractivity contribution is -0.134. The molecule has 0 saturated carbocycles. The van der Waals surface area contributed by atoms with Gasteiger partial charge in [0.05, 0.1) is 11.0 Å². The summed E-state index contributed by atoms with van der Waals surface area (Å²) in [6.07, 6.45) is 3.18. The Morgan fingerprint density at radius 3 is 1.75 bits per heavy atom. The van der Waals surface area contributed by atoms with Crippen LogP contribution in [0.1, 0.15) is 37.0 Å². The van der Waals surface area contributed by atoms with Gasteiger partial charge in [-0.1, -0.05) is 56.3 Å². The van der Waals surface area contributed by atoms with Gasteiger partial charge >= 0.3 is 23.9 Å². The molecule has 0 unspecified atom stereocenters. The van der Waals surface area contributed by atoms with Crippen molar-refractivity contribution in [3.8, 4) is 0 Å². The van der Waals surface area contributed by atoms with Crippen molar-refractivity contribution >= 4 is 52.5 Å². The fourth-order valence-electron chi connectivity index (χ4n) is 4.40. The third kappa shape index (κ3) is 14.1. The maximum atomic E-state index is 12.7. The third-order valence-corrected chi connectivity index (χ3v) is 6.47. The standard InChI is InChI=1S/C25H31N5O2.2C4H4O4/c1-19(2)18-24(32)27-29-16-14-28(15-17-29)25-26-21-10-6-7-11-22(21)30(25)13-12-23(31)20-8-4-3-5-9-20;2*5-3(6)1-2-4(7)8/h3-11,19H,12-18H2,1-2H3,(H,27,32);2*1-2H,(H,5,6)(H,7,8). The normalized spacial score (nSPS) is 13.0. The van der Waals surface area contributed by atoms with E-state index in [1.54, 1.807) is 0 Å². The number of ketones is 1. The average Bonchev–Trinajstić information content (AvgIpc) is 3.41. The molecule has 5 N–H and O–H groups in total. The van der Waals surface area contributed by atoms with Gasteiger partial charge in [-0.3, -0.25) is 15.0 Å². The number of carboxylic acids is 4. The average molecular weight is 666 g/mol. The highest BCUT2D eigenvalue weighted by Gasteiger charge is 2.23. The van der Waals surface area contributed by atoms with Crippen LogP contribution in [0.4, 0.5) is 5.95 Å². The highest BCUT2D eigenvalue weighted by atomic mass is 16.4. The number of imidazole rings is 1. The van der Waals surface area contributed by atoms with E-state index in [1.165, 1.54) is 0 Å². The molecule has 0 aliphatic carbocycles. The summed E-state index contributed by atoms with van der Waals surface area (Å²) in [7, 11) is 0. The van der Waals surface area contributed by atoms with E-state index in [0.29, 0.717) is 49.6 Å². The van der Waals surface area contributed by atoms with Crippen LogP contribution in [0.15, 0.2) is 78.9 Å². The number of carbonyl (C=O) groups excluding carboxylic acids is 2. The molecular weight excluding hydrogens is 626 g/mol. The maximum Gasteiger partial charge on any atom is 0.328 e. The molecule has 48 heavy (non-hydrogen) atoms. The molecule has 1 fully saturated rings. The van der Waals surface area contributed by atoms with Gasteiger partial charge in [-0.05, 0) is 18.1 Å². The van der Waals surface area contributed by atoms with Crippen LogP contribution < -0.4 is 10.3 Å². The number of rotatable bonds is 12. The smallest absolute Gasteiger partial charge is 0.328 e. The van der Waals surface area contributed by atoms with E-state index >= 15 is 0 Å². The van der Waals surface area contributed by atoms with Crippen molar-refractivity contribution in [2.75, 3.05) is 31.1 Å². The number of anilines is 1. The van der Waals surface area contributed by atoms with Crippen LogP contribution >= 0.6 is 0 Å². The number of Topliss-reactive ketones (excluding diaryl/α,β-unsaturated/α-hetero) is 1. The van der Waals surface area contributed by atoms with Gasteiger partial charge in [0.2, 0.25) is 11.9 Å². The Hall–Kier alpha value is -5.83. The van der Waals surface area contributed by atoms with Crippen LogP contribution in [0.3, 0.4) is 0 Å². The Morgan fingerprint density at radius 1 is 0.750 bits per heavy atom. The SMILES string of the molecule is CC(C)CC(=O)NN1CCN(c2nc3ccccc3n2CCC(=O)c2ccccc2)CC1.O=C(O)C=CC(=O)O.O=C(O)C=CC(=O)O. The molecule has 0 radical (unpaired) electrons. The van der Waals surface area contributed by atoms with Crippen LogP contribution in [-0.4, -0.2) is 96.7 Å². The monoisotopic (exact) mass is 665 g/mol. The lowest BCUT2D eigenvalue weighted by Gasteiger charge is -2.35. The summed E-state index contributed by atoms with van der Waals surface area (Å²) >= 11 is 0. The summed E-state index contributed by atoms with van der Waals surface area (Å²) in [6.45, 7) is 7.66. The minimum atomic E-state index is -1.26. The third-order valence-electron chi connectivity index (χ3n) is 6.47. The number of amides is 1. The van der Waals surface area contributed by atoms with Crippen LogP contribution in [0, 0.1) is 5.92 Å². The number of aryl methyl sites for hydroxylation is 1. The van der Waals surface area contributed by atoms with Gasteiger partial charge in [-0.25, -0.2) is 29.2 Å². The van der Waals surface area contributed by atoms with Gasteiger partial charge in [0, 0.05) is 75.4 Å². The Balaban J connectivity index is 0.000000414. The van der Waals surface area contributed by atoms with Crippen molar-refractivity contribution in [3.05, 3.63) is 84.5 Å². The molecule has 2 aromatic carbocycles. The maximum absolute atomic E-state index is 12.7. The molecule has 1 amide bonds. The topological polar surface area (TPSA) is 220 Å². The number of piperazine rings is 1. The number of carboxylic acid groups (broad SMARTS) is 4. The lowest BCUT2D eigenvalue weighted by atomic mass is 10.1. The highest BCUT2D eigenvalue weighted by molar-refractivity contribution is 5.96. The minimum absolute atomic E-state index is 0.0695.